The van der Waals surface area contributed by atoms with Crippen LogP contribution in [0.15, 0.2) is 30.3 Å². The standard InChI is InChI=1S/C6H5.C2H5O.Mg/c1-2-4-6-5-3-1;1-2-3;/h1-5H;2H2,1H3;/q2*-1;+2. The summed E-state index contributed by atoms with van der Waals surface area (Å²) in [6, 6.07) is 12.5. The Kier molecular flexibility index (Phi) is 14.8. The molecule has 0 N–H and O–H groups in total. The van der Waals surface area contributed by atoms with E-state index in [1.54, 1.807) is 6.92 Å². The molecule has 0 aliphatic heterocycles. The topological polar surface area (TPSA) is 23.1 Å². The molecule has 0 saturated heterocycles. The first-order valence-electron chi connectivity index (χ1n) is 2.91. The predicted molar refractivity (Wildman–Crippen MR) is 41.6 cm³/mol. The fraction of sp³-hybridized carbons (Fsp3) is 0.250. The fourth-order valence-corrected chi connectivity index (χ4v) is 0.342. The van der Waals surface area contributed by atoms with Gasteiger partial charge in [0, 0.05) is 0 Å². The van der Waals surface area contributed by atoms with Gasteiger partial charge in [0.1, 0.15) is 0 Å². The van der Waals surface area contributed by atoms with Crippen LogP contribution in [0.2, 0.25) is 0 Å². The van der Waals surface area contributed by atoms with Gasteiger partial charge in [-0.05, 0) is 0 Å². The van der Waals surface area contributed by atoms with Crippen molar-refractivity contribution in [2.45, 2.75) is 6.92 Å². The van der Waals surface area contributed by atoms with E-state index in [1.807, 2.05) is 30.3 Å². The second kappa shape index (κ2) is 11.7. The van der Waals surface area contributed by atoms with Crippen LogP contribution in [0.4, 0.5) is 0 Å². The van der Waals surface area contributed by atoms with E-state index in [0.717, 1.165) is 0 Å². The smallest absolute Gasteiger partial charge is 0.855 e. The van der Waals surface area contributed by atoms with E-state index in [0.29, 0.717) is 0 Å². The zero-order valence-electron chi connectivity index (χ0n) is 6.21. The van der Waals surface area contributed by atoms with Crippen molar-refractivity contribution >= 4 is 23.1 Å². The maximum Gasteiger partial charge on any atom is 2.00 e. The summed E-state index contributed by atoms with van der Waals surface area (Å²) >= 11 is 0. The molecule has 0 fully saturated rings. The minimum atomic E-state index is 0. The minimum Gasteiger partial charge on any atom is -0.855 e. The molecule has 0 amide bonds. The Labute approximate surface area is 78.2 Å². The van der Waals surface area contributed by atoms with Crippen LogP contribution in [-0.2, 0) is 0 Å². The van der Waals surface area contributed by atoms with Crippen LogP contribution in [0.25, 0.3) is 0 Å². The zero-order chi connectivity index (χ0) is 6.95. The van der Waals surface area contributed by atoms with E-state index >= 15 is 0 Å². The second-order valence-electron chi connectivity index (χ2n) is 1.37. The number of hydrogen-bond donors (Lipinski definition) is 0. The SMILES string of the molecule is CC[O-].[Mg+2].[c-]1ccccc1. The summed E-state index contributed by atoms with van der Waals surface area (Å²) in [4.78, 5) is 0. The summed E-state index contributed by atoms with van der Waals surface area (Å²) in [5, 5.41) is 8.93. The van der Waals surface area contributed by atoms with E-state index in [4.69, 9.17) is 5.11 Å². The monoisotopic (exact) mass is 146 g/mol. The average molecular weight is 146 g/mol. The van der Waals surface area contributed by atoms with Crippen molar-refractivity contribution < 1.29 is 5.11 Å². The van der Waals surface area contributed by atoms with Gasteiger partial charge in [-0.15, -0.1) is 6.61 Å². The van der Waals surface area contributed by atoms with E-state index < -0.39 is 0 Å². The molecule has 0 heterocycles. The van der Waals surface area contributed by atoms with Gasteiger partial charge >= 0.3 is 23.1 Å². The van der Waals surface area contributed by atoms with E-state index in [2.05, 4.69) is 6.07 Å². The summed E-state index contributed by atoms with van der Waals surface area (Å²) in [5.74, 6) is 0. The van der Waals surface area contributed by atoms with Crippen LogP contribution in [0, 0.1) is 6.07 Å². The molecule has 1 aromatic rings. The Hall–Kier alpha value is -0.0538. The van der Waals surface area contributed by atoms with Gasteiger partial charge < -0.3 is 5.11 Å². The Bertz CT molecular complexity index is 92.1. The summed E-state index contributed by atoms with van der Waals surface area (Å²) in [7, 11) is 0. The fourth-order valence-electron chi connectivity index (χ4n) is 0.342. The van der Waals surface area contributed by atoms with E-state index in [9.17, 15) is 0 Å². The maximum absolute atomic E-state index is 8.93. The van der Waals surface area contributed by atoms with Crippen molar-refractivity contribution in [2.24, 2.45) is 0 Å². The molecule has 0 radical (unpaired) electrons. The molecule has 1 aromatic carbocycles. The Balaban J connectivity index is 0. The summed E-state index contributed by atoms with van der Waals surface area (Å²) in [6.45, 7) is 1.57. The third-order valence-electron chi connectivity index (χ3n) is 0.607. The predicted octanol–water partition coefficient (Wildman–Crippen LogP) is 0.473. The van der Waals surface area contributed by atoms with Crippen LogP contribution in [-0.4, -0.2) is 29.7 Å². The van der Waals surface area contributed by atoms with Crippen molar-refractivity contribution in [1.29, 1.82) is 0 Å². The third-order valence-corrected chi connectivity index (χ3v) is 0.607. The molecule has 0 unspecified atom stereocenters. The quantitative estimate of drug-likeness (QED) is 0.386. The summed E-state index contributed by atoms with van der Waals surface area (Å²) in [5.41, 5.74) is 0. The largest absolute Gasteiger partial charge is 2.00 e. The van der Waals surface area contributed by atoms with Crippen LogP contribution in [0.1, 0.15) is 6.92 Å². The molecule has 0 spiro atoms. The molecule has 1 nitrogen and oxygen atoms in total. The first kappa shape index (κ1) is 12.6. The summed E-state index contributed by atoms with van der Waals surface area (Å²) in [6.07, 6.45) is 0. The van der Waals surface area contributed by atoms with Gasteiger partial charge in [-0.25, -0.2) is 0 Å². The zero-order valence-corrected chi connectivity index (χ0v) is 7.62. The van der Waals surface area contributed by atoms with Gasteiger partial charge in [-0.1, -0.05) is 6.92 Å². The first-order chi connectivity index (χ1) is 4.41. The molecule has 10 heavy (non-hydrogen) atoms. The van der Waals surface area contributed by atoms with Crippen molar-refractivity contribution in [1.82, 2.24) is 0 Å². The van der Waals surface area contributed by atoms with Gasteiger partial charge in [0.15, 0.2) is 0 Å². The van der Waals surface area contributed by atoms with Crippen molar-refractivity contribution in [3.63, 3.8) is 0 Å². The number of benzene rings is 1. The van der Waals surface area contributed by atoms with Crippen molar-refractivity contribution in [3.05, 3.63) is 36.4 Å². The summed E-state index contributed by atoms with van der Waals surface area (Å²) < 4.78 is 0. The number of rotatable bonds is 0. The van der Waals surface area contributed by atoms with Crippen LogP contribution < -0.4 is 5.11 Å². The Morgan fingerprint density at radius 3 is 1.70 bits per heavy atom. The number of hydrogen-bond acceptors (Lipinski definition) is 1. The molecule has 0 aliphatic rings. The maximum atomic E-state index is 8.93. The van der Waals surface area contributed by atoms with E-state index in [-0.39, 0.29) is 29.7 Å². The molecular weight excluding hydrogens is 136 g/mol. The molecule has 0 bridgehead atoms. The van der Waals surface area contributed by atoms with Crippen molar-refractivity contribution in [2.75, 3.05) is 6.61 Å². The Morgan fingerprint density at radius 1 is 1.20 bits per heavy atom. The molecule has 2 heteroatoms. The third kappa shape index (κ3) is 10.8. The molecule has 0 aliphatic carbocycles. The molecule has 0 saturated carbocycles. The van der Waals surface area contributed by atoms with Gasteiger partial charge in [-0.2, -0.15) is 36.4 Å². The minimum absolute atomic E-state index is 0. The molecular formula is C8H10MgO. The van der Waals surface area contributed by atoms with Crippen LogP contribution in [0.5, 0.6) is 0 Å². The van der Waals surface area contributed by atoms with Crippen LogP contribution in [0.3, 0.4) is 0 Å². The first-order valence-corrected chi connectivity index (χ1v) is 2.91. The van der Waals surface area contributed by atoms with Gasteiger partial charge in [0.05, 0.1) is 0 Å². The van der Waals surface area contributed by atoms with Crippen molar-refractivity contribution in [3.8, 4) is 0 Å². The molecule has 1 rings (SSSR count). The van der Waals surface area contributed by atoms with Crippen LogP contribution >= 0.6 is 0 Å². The average Bonchev–Trinajstić information content (AvgIpc) is 1.93. The van der Waals surface area contributed by atoms with Gasteiger partial charge in [0.2, 0.25) is 0 Å². The molecule has 0 atom stereocenters. The Morgan fingerprint density at radius 2 is 1.60 bits per heavy atom. The normalized spacial score (nSPS) is 6.60. The van der Waals surface area contributed by atoms with Gasteiger partial charge in [0.25, 0.3) is 0 Å². The molecule has 0 aromatic heterocycles. The molecule has 50 valence electrons. The van der Waals surface area contributed by atoms with E-state index in [1.165, 1.54) is 0 Å². The second-order valence-corrected chi connectivity index (χ2v) is 1.37. The van der Waals surface area contributed by atoms with Gasteiger partial charge in [-0.3, -0.25) is 0 Å².